The maximum Gasteiger partial charge on any atom is 0.326 e. The molecule has 0 aromatic rings. The molecule has 0 aliphatic heterocycles. The van der Waals surface area contributed by atoms with Crippen LogP contribution in [0.4, 0.5) is 0 Å². The monoisotopic (exact) mass is 931 g/mol. The first-order chi connectivity index (χ1) is 30.3. The molecular formula is C40H70N10O15. The number of carboxylic acids is 3. The Labute approximate surface area is 377 Å². The number of amides is 8. The Morgan fingerprint density at radius 2 is 1.12 bits per heavy atom. The zero-order valence-corrected chi connectivity index (χ0v) is 38.1. The summed E-state index contributed by atoms with van der Waals surface area (Å²) in [4.78, 5) is 140. The first-order valence-electron chi connectivity index (χ1n) is 21.4. The van der Waals surface area contributed by atoms with Crippen molar-refractivity contribution in [2.45, 2.75) is 148 Å². The number of carbonyl (C=O) groups excluding carboxylic acids is 8. The Balaban J connectivity index is 5.96. The number of aliphatic hydroxyl groups excluding tert-OH is 1. The molecular weight excluding hydrogens is 860 g/mol. The van der Waals surface area contributed by atoms with Gasteiger partial charge in [-0.3, -0.25) is 47.9 Å². The molecule has 0 aliphatic carbocycles. The van der Waals surface area contributed by atoms with E-state index in [2.05, 4.69) is 42.5 Å². The Hall–Kier alpha value is -5.95. The molecule has 0 fully saturated rings. The van der Waals surface area contributed by atoms with Gasteiger partial charge in [-0.15, -0.1) is 0 Å². The van der Waals surface area contributed by atoms with E-state index in [9.17, 15) is 73.2 Å². The normalized spacial score (nSPS) is 15.3. The SMILES string of the molecule is CCC(C)C(NC(=O)C(CO)NC(=O)C(C)NC(=O)C(N)CCCCN)C(=O)NC(CC(=O)O)C(=O)NCC(=O)NC(CC(C)C)C(=O)NC(CCC(=O)O)C(=O)NC(C(=O)O)C(C)C. The molecule has 370 valence electrons. The highest BCUT2D eigenvalue weighted by molar-refractivity contribution is 5.98. The Kier molecular flexibility index (Phi) is 27.5. The summed E-state index contributed by atoms with van der Waals surface area (Å²) in [5.74, 6) is -13.3. The molecule has 0 aliphatic rings. The van der Waals surface area contributed by atoms with Gasteiger partial charge in [0.25, 0.3) is 0 Å². The predicted molar refractivity (Wildman–Crippen MR) is 231 cm³/mol. The summed E-state index contributed by atoms with van der Waals surface area (Å²) in [5.41, 5.74) is 11.3. The van der Waals surface area contributed by atoms with Crippen LogP contribution in [0.1, 0.15) is 99.8 Å². The van der Waals surface area contributed by atoms with E-state index in [1.807, 2.05) is 0 Å². The third-order valence-electron chi connectivity index (χ3n) is 9.97. The van der Waals surface area contributed by atoms with Crippen molar-refractivity contribution in [2.75, 3.05) is 19.7 Å². The lowest BCUT2D eigenvalue weighted by molar-refractivity contribution is -0.144. The van der Waals surface area contributed by atoms with Gasteiger partial charge < -0.3 is 74.4 Å². The zero-order chi connectivity index (χ0) is 50.1. The van der Waals surface area contributed by atoms with Crippen molar-refractivity contribution in [1.29, 1.82) is 0 Å². The van der Waals surface area contributed by atoms with Crippen LogP contribution in [0.2, 0.25) is 0 Å². The Morgan fingerprint density at radius 1 is 0.569 bits per heavy atom. The summed E-state index contributed by atoms with van der Waals surface area (Å²) in [7, 11) is 0. The smallest absolute Gasteiger partial charge is 0.326 e. The van der Waals surface area contributed by atoms with E-state index in [1.54, 1.807) is 27.7 Å². The number of hydrogen-bond acceptors (Lipinski definition) is 14. The highest BCUT2D eigenvalue weighted by atomic mass is 16.4. The van der Waals surface area contributed by atoms with Crippen LogP contribution in [0.15, 0.2) is 0 Å². The molecule has 0 saturated carbocycles. The fourth-order valence-electron chi connectivity index (χ4n) is 5.93. The van der Waals surface area contributed by atoms with Gasteiger partial charge in [0.1, 0.15) is 42.3 Å². The van der Waals surface area contributed by atoms with Gasteiger partial charge >= 0.3 is 17.9 Å². The lowest BCUT2D eigenvalue weighted by atomic mass is 9.97. The van der Waals surface area contributed by atoms with Crippen LogP contribution >= 0.6 is 0 Å². The lowest BCUT2D eigenvalue weighted by Gasteiger charge is -2.28. The maximum atomic E-state index is 13.6. The molecule has 0 saturated heterocycles. The van der Waals surface area contributed by atoms with Crippen molar-refractivity contribution in [2.24, 2.45) is 29.2 Å². The average Bonchev–Trinajstić information content (AvgIpc) is 3.22. The van der Waals surface area contributed by atoms with Crippen LogP contribution in [0, 0.1) is 17.8 Å². The zero-order valence-electron chi connectivity index (χ0n) is 38.1. The largest absolute Gasteiger partial charge is 0.481 e. The fourth-order valence-corrected chi connectivity index (χ4v) is 5.93. The van der Waals surface area contributed by atoms with E-state index in [0.29, 0.717) is 25.8 Å². The third-order valence-corrected chi connectivity index (χ3v) is 9.97. The summed E-state index contributed by atoms with van der Waals surface area (Å²) >= 11 is 0. The van der Waals surface area contributed by atoms with Crippen molar-refractivity contribution < 1.29 is 73.2 Å². The fraction of sp³-hybridized carbons (Fsp3) is 0.725. The van der Waals surface area contributed by atoms with Crippen molar-refractivity contribution in [3.05, 3.63) is 0 Å². The molecule has 8 amide bonds. The molecule has 0 aromatic carbocycles. The molecule has 16 N–H and O–H groups in total. The standard InChI is InChI=1S/C40H70N10O15/c1-8-21(6)32(50-38(62)27(18-51)48-33(57)22(7)44-34(58)23(42)11-9-10-14-41)39(63)47-26(16-30(55)56)35(59)43-17-28(52)45-25(15-19(2)3)37(61)46-24(12-13-29(53)54)36(60)49-31(20(4)5)40(64)65/h19-27,31-32,51H,8-18,41-42H2,1-7H3,(H,43,59)(H,44,58)(H,45,52)(H,46,61)(H,47,63)(H,48,57)(H,49,60)(H,50,62)(H,53,54)(H,55,56)(H,64,65). The van der Waals surface area contributed by atoms with Crippen LogP contribution < -0.4 is 54.0 Å². The summed E-state index contributed by atoms with van der Waals surface area (Å²) < 4.78 is 0. The molecule has 0 bridgehead atoms. The van der Waals surface area contributed by atoms with Crippen LogP contribution in [0.3, 0.4) is 0 Å². The molecule has 9 atom stereocenters. The quantitative estimate of drug-likeness (QED) is 0.0287. The predicted octanol–water partition coefficient (Wildman–Crippen LogP) is -3.86. The minimum atomic E-state index is -1.82. The third kappa shape index (κ3) is 23.0. The van der Waals surface area contributed by atoms with Crippen LogP contribution in [0.5, 0.6) is 0 Å². The number of aliphatic carboxylic acids is 3. The summed E-state index contributed by atoms with van der Waals surface area (Å²) in [6.45, 7) is 9.59. The van der Waals surface area contributed by atoms with Gasteiger partial charge in [0.05, 0.1) is 25.6 Å². The number of rotatable bonds is 32. The minimum Gasteiger partial charge on any atom is -0.481 e. The molecule has 65 heavy (non-hydrogen) atoms. The van der Waals surface area contributed by atoms with Crippen LogP contribution in [-0.4, -0.2) is 154 Å². The topological polar surface area (TPSA) is 417 Å². The lowest BCUT2D eigenvalue weighted by Crippen LogP contribution is -2.60. The van der Waals surface area contributed by atoms with Gasteiger partial charge in [-0.05, 0) is 56.9 Å². The number of carbonyl (C=O) groups is 11. The Bertz CT molecular complexity index is 1660. The number of nitrogens with two attached hydrogens (primary N) is 2. The number of hydrogen-bond donors (Lipinski definition) is 14. The van der Waals surface area contributed by atoms with Gasteiger partial charge in [-0.1, -0.05) is 54.4 Å². The van der Waals surface area contributed by atoms with E-state index < -0.39 is 158 Å². The van der Waals surface area contributed by atoms with Crippen molar-refractivity contribution in [1.82, 2.24) is 42.5 Å². The van der Waals surface area contributed by atoms with E-state index in [1.165, 1.54) is 20.8 Å². The van der Waals surface area contributed by atoms with Crippen molar-refractivity contribution in [3.8, 4) is 0 Å². The van der Waals surface area contributed by atoms with Crippen molar-refractivity contribution in [3.63, 3.8) is 0 Å². The Morgan fingerprint density at radius 3 is 1.63 bits per heavy atom. The first-order valence-corrected chi connectivity index (χ1v) is 21.4. The highest BCUT2D eigenvalue weighted by Gasteiger charge is 2.35. The van der Waals surface area contributed by atoms with Crippen LogP contribution in [-0.2, 0) is 52.7 Å². The van der Waals surface area contributed by atoms with Crippen molar-refractivity contribution >= 4 is 65.2 Å². The molecule has 0 rings (SSSR count). The molecule has 0 aromatic heterocycles. The van der Waals surface area contributed by atoms with Gasteiger partial charge in [0.15, 0.2) is 0 Å². The van der Waals surface area contributed by atoms with E-state index in [0.717, 1.165) is 0 Å². The number of unbranched alkanes of at least 4 members (excludes halogenated alkanes) is 1. The van der Waals surface area contributed by atoms with E-state index >= 15 is 0 Å². The number of carboxylic acid groups (broad SMARTS) is 3. The second-order valence-corrected chi connectivity index (χ2v) is 16.4. The van der Waals surface area contributed by atoms with Crippen LogP contribution in [0.25, 0.3) is 0 Å². The molecule has 9 unspecified atom stereocenters. The maximum absolute atomic E-state index is 13.6. The molecule has 0 radical (unpaired) electrons. The summed E-state index contributed by atoms with van der Waals surface area (Å²) in [6, 6.07) is -11.3. The summed E-state index contributed by atoms with van der Waals surface area (Å²) in [5, 5.41) is 56.8. The summed E-state index contributed by atoms with van der Waals surface area (Å²) in [6.07, 6.45) is -0.242. The average molecular weight is 931 g/mol. The minimum absolute atomic E-state index is 0.0238. The number of aliphatic hydroxyl groups is 1. The number of nitrogens with one attached hydrogen (secondary N) is 8. The van der Waals surface area contributed by atoms with Gasteiger partial charge in [-0.2, -0.15) is 0 Å². The van der Waals surface area contributed by atoms with E-state index in [4.69, 9.17) is 11.5 Å². The first kappa shape index (κ1) is 59.0. The molecule has 0 heterocycles. The second-order valence-electron chi connectivity index (χ2n) is 16.4. The second kappa shape index (κ2) is 30.2. The van der Waals surface area contributed by atoms with E-state index in [-0.39, 0.29) is 18.8 Å². The molecule has 25 nitrogen and oxygen atoms in total. The molecule has 0 spiro atoms. The van der Waals surface area contributed by atoms with Gasteiger partial charge in [0.2, 0.25) is 47.3 Å². The highest BCUT2D eigenvalue weighted by Crippen LogP contribution is 2.11. The molecule has 25 heteroatoms. The van der Waals surface area contributed by atoms with Gasteiger partial charge in [-0.25, -0.2) is 4.79 Å². The van der Waals surface area contributed by atoms with Gasteiger partial charge in [0, 0.05) is 6.42 Å².